The van der Waals surface area contributed by atoms with E-state index < -0.39 is 49.9 Å². The number of pyridine rings is 1. The van der Waals surface area contributed by atoms with Gasteiger partial charge in [-0.3, -0.25) is 19.6 Å². The molecule has 2 atom stereocenters. The predicted molar refractivity (Wildman–Crippen MR) is 163 cm³/mol. The molecule has 3 aromatic rings. The van der Waals surface area contributed by atoms with E-state index in [-0.39, 0.29) is 35.9 Å². The minimum absolute atomic E-state index is 0.0474. The van der Waals surface area contributed by atoms with Crippen LogP contribution >= 0.6 is 0 Å². The quantitative estimate of drug-likeness (QED) is 0.0800. The van der Waals surface area contributed by atoms with Crippen LogP contribution in [0, 0.1) is 0 Å². The number of nitrogens with one attached hydrogen (secondary N) is 1. The van der Waals surface area contributed by atoms with E-state index in [0.29, 0.717) is 11.1 Å². The van der Waals surface area contributed by atoms with Gasteiger partial charge in [-0.15, -0.1) is 0 Å². The lowest BCUT2D eigenvalue weighted by atomic mass is 9.94. The summed E-state index contributed by atoms with van der Waals surface area (Å²) < 4.78 is 31.9. The van der Waals surface area contributed by atoms with Crippen LogP contribution in [0.15, 0.2) is 89.6 Å². The van der Waals surface area contributed by atoms with Crippen molar-refractivity contribution in [2.75, 3.05) is 13.1 Å². The van der Waals surface area contributed by atoms with Crippen LogP contribution in [0.3, 0.4) is 0 Å². The Kier molecular flexibility index (Phi) is 8.24. The second-order valence-corrected chi connectivity index (χ2v) is 13.5. The number of ether oxygens (including phenoxy) is 1. The van der Waals surface area contributed by atoms with E-state index in [0.717, 1.165) is 4.90 Å². The van der Waals surface area contributed by atoms with Crippen molar-refractivity contribution >= 4 is 39.7 Å². The number of aromatic nitrogens is 1. The largest absolute Gasteiger partial charge is 0.451 e. The first kappa shape index (κ1) is 30.4. The van der Waals surface area contributed by atoms with Gasteiger partial charge in [0.05, 0.1) is 17.8 Å². The molecular weight excluding hydrogens is 584 g/mol. The number of aliphatic imine (C=N–C) groups is 1. The Morgan fingerprint density at radius 2 is 1.68 bits per heavy atom. The average molecular weight is 617 g/mol. The Labute approximate surface area is 254 Å². The highest BCUT2D eigenvalue weighted by Crippen LogP contribution is 2.49. The van der Waals surface area contributed by atoms with Gasteiger partial charge in [-0.05, 0) is 43.2 Å². The number of esters is 1. The fourth-order valence-electron chi connectivity index (χ4n) is 5.37. The maximum Gasteiger partial charge on any atom is 0.331 e. The lowest BCUT2D eigenvalue weighted by Gasteiger charge is -2.38. The van der Waals surface area contributed by atoms with Gasteiger partial charge in [0.25, 0.3) is 11.8 Å². The molecule has 0 unspecified atom stereocenters. The number of nitrogens with zero attached hydrogens (tertiary/aromatic N) is 3. The van der Waals surface area contributed by atoms with Gasteiger partial charge in [0.1, 0.15) is 4.75 Å². The van der Waals surface area contributed by atoms with Crippen LogP contribution < -0.4 is 16.8 Å². The Balaban J connectivity index is 1.40. The molecule has 0 spiro atoms. The highest BCUT2D eigenvalue weighted by molar-refractivity contribution is 7.94. The zero-order chi connectivity index (χ0) is 31.6. The Morgan fingerprint density at radius 1 is 1.07 bits per heavy atom. The molecule has 2 amide bonds. The zero-order valence-corrected chi connectivity index (χ0v) is 24.9. The van der Waals surface area contributed by atoms with E-state index >= 15 is 0 Å². The lowest BCUT2D eigenvalue weighted by Crippen LogP contribution is -2.59. The lowest BCUT2D eigenvalue weighted by molar-refractivity contribution is -0.160. The molecular formula is C31H32N6O6S. The number of carbonyl (C=O) groups excluding carboxylic acids is 3. The number of amides is 2. The van der Waals surface area contributed by atoms with Gasteiger partial charge in [-0.1, -0.05) is 60.7 Å². The monoisotopic (exact) mass is 616 g/mol. The van der Waals surface area contributed by atoms with E-state index in [2.05, 4.69) is 15.3 Å². The molecule has 0 radical (unpaired) electrons. The van der Waals surface area contributed by atoms with Crippen molar-refractivity contribution < 1.29 is 27.5 Å². The van der Waals surface area contributed by atoms with Crippen molar-refractivity contribution in [2.24, 2.45) is 16.5 Å². The van der Waals surface area contributed by atoms with Crippen molar-refractivity contribution in [3.63, 3.8) is 0 Å². The fraction of sp³-hybridized carbons (Fsp3) is 0.258. The molecule has 2 aliphatic rings. The van der Waals surface area contributed by atoms with Crippen LogP contribution in [0.2, 0.25) is 0 Å². The Bertz CT molecular complexity index is 1710. The number of rotatable bonds is 9. The van der Waals surface area contributed by atoms with Crippen LogP contribution in [-0.4, -0.2) is 71.3 Å². The smallest absolute Gasteiger partial charge is 0.331 e. The number of hydrogen-bond acceptors (Lipinski definition) is 8. The van der Waals surface area contributed by atoms with Crippen LogP contribution in [0.1, 0.15) is 47.1 Å². The van der Waals surface area contributed by atoms with E-state index in [1.165, 1.54) is 38.3 Å². The van der Waals surface area contributed by atoms with Crippen molar-refractivity contribution in [2.45, 2.75) is 36.1 Å². The third-order valence-corrected chi connectivity index (χ3v) is 10.4. The summed E-state index contributed by atoms with van der Waals surface area (Å²) in [6.07, 6.45) is 1.89. The number of hydrogen-bond donors (Lipinski definition) is 3. The second kappa shape index (κ2) is 11.9. The number of fused-ring (bicyclic) bond motifs is 1. The highest BCUT2D eigenvalue weighted by atomic mass is 32.2. The summed E-state index contributed by atoms with van der Waals surface area (Å²) in [7, 11) is -4.08. The van der Waals surface area contributed by atoms with Gasteiger partial charge in [0.2, 0.25) is 0 Å². The second-order valence-electron chi connectivity index (χ2n) is 10.9. The van der Waals surface area contributed by atoms with Crippen LogP contribution in [0.4, 0.5) is 0 Å². The molecule has 2 aliphatic heterocycles. The summed E-state index contributed by atoms with van der Waals surface area (Å²) in [5.74, 6) is -1.98. The van der Waals surface area contributed by atoms with Crippen LogP contribution in [-0.2, 0) is 24.2 Å². The summed E-state index contributed by atoms with van der Waals surface area (Å²) in [5, 5.41) is 1.29. The summed E-state index contributed by atoms with van der Waals surface area (Å²) >= 11 is 0. The van der Waals surface area contributed by atoms with Crippen LogP contribution in [0.5, 0.6) is 0 Å². The maximum atomic E-state index is 13.8. The number of sulfone groups is 1. The molecule has 0 saturated carbocycles. The van der Waals surface area contributed by atoms with E-state index in [1.807, 2.05) is 60.7 Å². The van der Waals surface area contributed by atoms with Gasteiger partial charge in [0.15, 0.2) is 33.3 Å². The summed E-state index contributed by atoms with van der Waals surface area (Å²) in [5.41, 5.74) is 12.4. The molecule has 2 aromatic carbocycles. The molecule has 2 saturated heterocycles. The van der Waals surface area contributed by atoms with Crippen molar-refractivity contribution in [1.82, 2.24) is 15.2 Å². The molecule has 5 N–H and O–H groups in total. The number of β-lactam (4-membered cyclic amide) rings is 1. The van der Waals surface area contributed by atoms with E-state index in [1.54, 1.807) is 0 Å². The van der Waals surface area contributed by atoms with E-state index in [4.69, 9.17) is 16.2 Å². The van der Waals surface area contributed by atoms with Crippen molar-refractivity contribution in [1.29, 1.82) is 0 Å². The van der Waals surface area contributed by atoms with Crippen LogP contribution in [0.25, 0.3) is 6.08 Å². The molecule has 13 heteroatoms. The zero-order valence-electron chi connectivity index (χ0n) is 24.1. The SMILES string of the molecule is CC1(C)[C@H](C(=O)OC(c2ccccc2)c2ccccc2)N2C(=O)C(=Cc3cc(C(=O)NCCN=C(N)N)ccn3)[C@H]2S1(=O)=O. The van der Waals surface area contributed by atoms with Gasteiger partial charge >= 0.3 is 5.97 Å². The van der Waals surface area contributed by atoms with Gasteiger partial charge in [-0.25, -0.2) is 13.2 Å². The average Bonchev–Trinajstić information content (AvgIpc) is 3.16. The molecule has 228 valence electrons. The molecule has 2 fully saturated rings. The van der Waals surface area contributed by atoms with Crippen molar-refractivity contribution in [3.8, 4) is 0 Å². The Morgan fingerprint density at radius 3 is 2.27 bits per heavy atom. The first-order valence-corrected chi connectivity index (χ1v) is 15.4. The normalized spacial score (nSPS) is 20.5. The van der Waals surface area contributed by atoms with Gasteiger partial charge in [-0.2, -0.15) is 0 Å². The van der Waals surface area contributed by atoms with E-state index in [9.17, 15) is 22.8 Å². The number of nitrogens with two attached hydrogens (primary N) is 2. The number of carbonyl (C=O) groups is 3. The Hall–Kier alpha value is -5.04. The van der Waals surface area contributed by atoms with Gasteiger partial charge in [0, 0.05) is 18.3 Å². The first-order chi connectivity index (χ1) is 20.9. The molecule has 5 rings (SSSR count). The molecule has 0 aliphatic carbocycles. The minimum Gasteiger partial charge on any atom is -0.451 e. The summed E-state index contributed by atoms with van der Waals surface area (Å²) in [4.78, 5) is 48.9. The predicted octanol–water partition coefficient (Wildman–Crippen LogP) is 1.54. The molecule has 1 aromatic heterocycles. The standard InChI is InChI=1S/C31H32N6O6S/c1-31(2)25(29(40)43-24(19-9-5-3-6-10-19)20-11-7-4-8-12-20)37-27(39)23(28(37)44(31,41)42)18-22-17-21(13-14-34-22)26(38)35-15-16-36-30(32)33/h3-14,17-18,24-25,28H,15-16H2,1-2H3,(H,35,38)(H4,32,33,36)/t25-,28+/m0/s1. The molecule has 3 heterocycles. The first-order valence-electron chi connectivity index (χ1n) is 13.8. The topological polar surface area (TPSA) is 187 Å². The fourth-order valence-corrected chi connectivity index (χ4v) is 7.49. The summed E-state index contributed by atoms with van der Waals surface area (Å²) in [6.45, 7) is 3.22. The third kappa shape index (κ3) is 5.53. The summed E-state index contributed by atoms with van der Waals surface area (Å²) in [6, 6.07) is 19.7. The maximum absolute atomic E-state index is 13.8. The van der Waals surface area contributed by atoms with Gasteiger partial charge < -0.3 is 26.4 Å². The highest BCUT2D eigenvalue weighted by Gasteiger charge is 2.70. The molecule has 12 nitrogen and oxygen atoms in total. The number of guanidine groups is 1. The van der Waals surface area contributed by atoms with Crippen molar-refractivity contribution in [3.05, 3.63) is 107 Å². The molecule has 44 heavy (non-hydrogen) atoms. The third-order valence-electron chi connectivity index (χ3n) is 7.66. The minimum atomic E-state index is -4.08. The number of benzene rings is 2. The molecule has 0 bridgehead atoms.